The number of nitrogens with two attached hydrogens (primary N) is 1. The second-order valence-electron chi connectivity index (χ2n) is 4.67. The number of allylic oxidation sites excluding steroid dienone is 2. The average Bonchev–Trinajstić information content (AvgIpc) is 2.31. The van der Waals surface area contributed by atoms with E-state index in [0.717, 1.165) is 6.54 Å². The van der Waals surface area contributed by atoms with Crippen molar-refractivity contribution >= 4 is 0 Å². The summed E-state index contributed by atoms with van der Waals surface area (Å²) in [7, 11) is 0. The Labute approximate surface area is 102 Å². The standard InChI is InChI=1S/C15H31N/c1-2-3-4-5-6-7-8-9-10-11-12-13-14-15-16/h10-11H,2-9,12-16H2,1H3/b11-10+. The molecule has 0 spiro atoms. The highest BCUT2D eigenvalue weighted by Gasteiger charge is 1.89. The van der Waals surface area contributed by atoms with Gasteiger partial charge in [-0.3, -0.25) is 0 Å². The molecule has 0 aliphatic carbocycles. The Kier molecular flexibility index (Phi) is 14.4. The van der Waals surface area contributed by atoms with Crippen LogP contribution < -0.4 is 5.73 Å². The minimum Gasteiger partial charge on any atom is -0.330 e. The Hall–Kier alpha value is -0.300. The van der Waals surface area contributed by atoms with Crippen molar-refractivity contribution < 1.29 is 0 Å². The average molecular weight is 225 g/mol. The topological polar surface area (TPSA) is 26.0 Å². The number of hydrogen-bond donors (Lipinski definition) is 1. The summed E-state index contributed by atoms with van der Waals surface area (Å²) in [6, 6.07) is 0. The second kappa shape index (κ2) is 14.7. The fraction of sp³-hybridized carbons (Fsp3) is 0.867. The van der Waals surface area contributed by atoms with Crippen molar-refractivity contribution in [3.8, 4) is 0 Å². The highest BCUT2D eigenvalue weighted by molar-refractivity contribution is 4.81. The van der Waals surface area contributed by atoms with E-state index in [0.29, 0.717) is 0 Å². The van der Waals surface area contributed by atoms with Gasteiger partial charge in [0.25, 0.3) is 0 Å². The van der Waals surface area contributed by atoms with Crippen molar-refractivity contribution in [3.63, 3.8) is 0 Å². The molecule has 0 saturated carbocycles. The van der Waals surface area contributed by atoms with Crippen LogP contribution in [-0.2, 0) is 0 Å². The number of rotatable bonds is 12. The molecule has 1 nitrogen and oxygen atoms in total. The molecule has 1 heteroatoms. The van der Waals surface area contributed by atoms with E-state index in [1.807, 2.05) is 0 Å². The molecule has 0 heterocycles. The summed E-state index contributed by atoms with van der Waals surface area (Å²) < 4.78 is 0. The van der Waals surface area contributed by atoms with Crippen LogP contribution in [0.3, 0.4) is 0 Å². The fourth-order valence-corrected chi connectivity index (χ4v) is 1.86. The van der Waals surface area contributed by atoms with Crippen molar-refractivity contribution in [1.29, 1.82) is 0 Å². The monoisotopic (exact) mass is 225 g/mol. The van der Waals surface area contributed by atoms with Crippen molar-refractivity contribution in [2.24, 2.45) is 5.73 Å². The van der Waals surface area contributed by atoms with Crippen LogP contribution in [0.15, 0.2) is 12.2 Å². The van der Waals surface area contributed by atoms with Gasteiger partial charge in [0.05, 0.1) is 0 Å². The van der Waals surface area contributed by atoms with Crippen LogP contribution in [0.4, 0.5) is 0 Å². The molecule has 96 valence electrons. The molecule has 2 N–H and O–H groups in total. The molecule has 0 fully saturated rings. The first-order valence-corrected chi connectivity index (χ1v) is 7.27. The predicted octanol–water partition coefficient (Wildman–Crippen LogP) is 4.81. The van der Waals surface area contributed by atoms with Gasteiger partial charge in [-0.05, 0) is 38.6 Å². The molecule has 0 bridgehead atoms. The summed E-state index contributed by atoms with van der Waals surface area (Å²) in [5.74, 6) is 0. The zero-order chi connectivity index (χ0) is 11.9. The molecule has 0 aromatic rings. The Morgan fingerprint density at radius 2 is 1.19 bits per heavy atom. The molecule has 0 radical (unpaired) electrons. The molecule has 0 rings (SSSR count). The highest BCUT2D eigenvalue weighted by atomic mass is 14.5. The van der Waals surface area contributed by atoms with E-state index < -0.39 is 0 Å². The van der Waals surface area contributed by atoms with Gasteiger partial charge in [-0.25, -0.2) is 0 Å². The quantitative estimate of drug-likeness (QED) is 0.374. The van der Waals surface area contributed by atoms with E-state index in [2.05, 4.69) is 19.1 Å². The summed E-state index contributed by atoms with van der Waals surface area (Å²) in [4.78, 5) is 0. The van der Waals surface area contributed by atoms with Crippen molar-refractivity contribution in [2.45, 2.75) is 77.6 Å². The minimum absolute atomic E-state index is 0.839. The van der Waals surface area contributed by atoms with E-state index in [-0.39, 0.29) is 0 Å². The van der Waals surface area contributed by atoms with E-state index in [1.54, 1.807) is 0 Å². The van der Waals surface area contributed by atoms with E-state index >= 15 is 0 Å². The van der Waals surface area contributed by atoms with Crippen LogP contribution in [-0.4, -0.2) is 6.54 Å². The van der Waals surface area contributed by atoms with Gasteiger partial charge in [-0.1, -0.05) is 57.6 Å². The molecule has 16 heavy (non-hydrogen) atoms. The molecular weight excluding hydrogens is 194 g/mol. The third-order valence-electron chi connectivity index (χ3n) is 2.97. The van der Waals surface area contributed by atoms with E-state index in [9.17, 15) is 0 Å². The summed E-state index contributed by atoms with van der Waals surface area (Å²) in [5.41, 5.74) is 5.43. The smallest absolute Gasteiger partial charge is 0.00772 e. The molecule has 0 saturated heterocycles. The Morgan fingerprint density at radius 3 is 1.75 bits per heavy atom. The second-order valence-corrected chi connectivity index (χ2v) is 4.67. The van der Waals surface area contributed by atoms with E-state index in [1.165, 1.54) is 70.6 Å². The third kappa shape index (κ3) is 13.7. The van der Waals surface area contributed by atoms with Gasteiger partial charge in [0.1, 0.15) is 0 Å². The first-order chi connectivity index (χ1) is 7.91. The molecule has 0 atom stereocenters. The lowest BCUT2D eigenvalue weighted by atomic mass is 10.1. The summed E-state index contributed by atoms with van der Waals surface area (Å²) >= 11 is 0. The Bertz CT molecular complexity index is 140. The molecular formula is C15H31N. The number of unbranched alkanes of at least 4 members (excludes halogenated alkanes) is 9. The Morgan fingerprint density at radius 1 is 0.688 bits per heavy atom. The summed E-state index contributed by atoms with van der Waals surface area (Å²) in [6.07, 6.45) is 19.5. The van der Waals surface area contributed by atoms with Crippen LogP contribution in [0.1, 0.15) is 77.6 Å². The maximum atomic E-state index is 5.43. The zero-order valence-corrected chi connectivity index (χ0v) is 11.2. The normalized spacial score (nSPS) is 11.4. The van der Waals surface area contributed by atoms with Gasteiger partial charge in [0.2, 0.25) is 0 Å². The molecule has 0 aromatic heterocycles. The Balaban J connectivity index is 2.97. The fourth-order valence-electron chi connectivity index (χ4n) is 1.86. The third-order valence-corrected chi connectivity index (χ3v) is 2.97. The van der Waals surface area contributed by atoms with Crippen molar-refractivity contribution in [2.75, 3.05) is 6.54 Å². The highest BCUT2D eigenvalue weighted by Crippen LogP contribution is 2.08. The lowest BCUT2D eigenvalue weighted by Gasteiger charge is -1.98. The maximum absolute atomic E-state index is 5.43. The first kappa shape index (κ1) is 15.7. The lowest BCUT2D eigenvalue weighted by molar-refractivity contribution is 0.592. The predicted molar refractivity (Wildman–Crippen MR) is 74.7 cm³/mol. The van der Waals surface area contributed by atoms with Gasteiger partial charge in [0, 0.05) is 0 Å². The molecule has 0 unspecified atom stereocenters. The molecule has 0 aliphatic heterocycles. The van der Waals surface area contributed by atoms with E-state index in [4.69, 9.17) is 5.73 Å². The number of hydrogen-bond acceptors (Lipinski definition) is 1. The first-order valence-electron chi connectivity index (χ1n) is 7.27. The van der Waals surface area contributed by atoms with Gasteiger partial charge in [-0.2, -0.15) is 0 Å². The van der Waals surface area contributed by atoms with Crippen LogP contribution >= 0.6 is 0 Å². The van der Waals surface area contributed by atoms with Crippen LogP contribution in [0.25, 0.3) is 0 Å². The van der Waals surface area contributed by atoms with Gasteiger partial charge in [0.15, 0.2) is 0 Å². The van der Waals surface area contributed by atoms with Crippen molar-refractivity contribution in [3.05, 3.63) is 12.2 Å². The SMILES string of the molecule is CCCCCCCCC/C=C/CCCCN. The molecule has 0 amide bonds. The van der Waals surface area contributed by atoms with Crippen LogP contribution in [0, 0.1) is 0 Å². The van der Waals surface area contributed by atoms with Crippen LogP contribution in [0.2, 0.25) is 0 Å². The molecule has 0 aliphatic rings. The van der Waals surface area contributed by atoms with Crippen LogP contribution in [0.5, 0.6) is 0 Å². The van der Waals surface area contributed by atoms with Gasteiger partial charge < -0.3 is 5.73 Å². The van der Waals surface area contributed by atoms with Gasteiger partial charge >= 0.3 is 0 Å². The zero-order valence-electron chi connectivity index (χ0n) is 11.2. The largest absolute Gasteiger partial charge is 0.330 e. The summed E-state index contributed by atoms with van der Waals surface area (Å²) in [6.45, 7) is 3.11. The molecule has 0 aromatic carbocycles. The summed E-state index contributed by atoms with van der Waals surface area (Å²) in [5, 5.41) is 0. The van der Waals surface area contributed by atoms with Crippen molar-refractivity contribution in [1.82, 2.24) is 0 Å². The minimum atomic E-state index is 0.839. The lowest BCUT2D eigenvalue weighted by Crippen LogP contribution is -1.96. The van der Waals surface area contributed by atoms with Gasteiger partial charge in [-0.15, -0.1) is 0 Å². The maximum Gasteiger partial charge on any atom is -0.00772 e.